The number of nitrogens with zero attached hydrogens (tertiary/aromatic N) is 1. The van der Waals surface area contributed by atoms with Crippen molar-refractivity contribution in [3.63, 3.8) is 0 Å². The van der Waals surface area contributed by atoms with Gasteiger partial charge in [0.1, 0.15) is 0 Å². The van der Waals surface area contributed by atoms with E-state index in [2.05, 4.69) is 5.32 Å². The molecule has 0 aromatic heterocycles. The van der Waals surface area contributed by atoms with Crippen molar-refractivity contribution in [3.8, 4) is 0 Å². The Morgan fingerprint density at radius 3 is 2.26 bits per heavy atom. The lowest BCUT2D eigenvalue weighted by atomic mass is 10.2. The molecule has 5 N–H and O–H groups in total. The number of benzene rings is 1. The normalized spacial score (nSPS) is 10.5. The van der Waals surface area contributed by atoms with Crippen LogP contribution >= 0.6 is 23.2 Å². The number of nitrogens with one attached hydrogen (secondary N) is 1. The summed E-state index contributed by atoms with van der Waals surface area (Å²) in [5.41, 5.74) is 11.3. The summed E-state index contributed by atoms with van der Waals surface area (Å²) in [4.78, 5) is 23.9. The number of rotatable bonds is 5. The first-order chi connectivity index (χ1) is 8.79. The van der Waals surface area contributed by atoms with Crippen LogP contribution in [0.4, 0.5) is 11.4 Å². The summed E-state index contributed by atoms with van der Waals surface area (Å²) in [7, 11) is 1.59. The van der Waals surface area contributed by atoms with E-state index < -0.39 is 5.91 Å². The van der Waals surface area contributed by atoms with Crippen LogP contribution in [0, 0.1) is 0 Å². The minimum atomic E-state index is -0.515. The van der Waals surface area contributed by atoms with Gasteiger partial charge in [0, 0.05) is 5.69 Å². The summed E-state index contributed by atoms with van der Waals surface area (Å²) in [6.45, 7) is -0.0312. The molecule has 0 saturated heterocycles. The van der Waals surface area contributed by atoms with Crippen LogP contribution < -0.4 is 16.8 Å². The fraction of sp³-hybridized carbons (Fsp3) is 0.273. The molecule has 19 heavy (non-hydrogen) atoms. The van der Waals surface area contributed by atoms with Crippen LogP contribution in [0.2, 0.25) is 10.0 Å². The molecule has 2 amide bonds. The minimum Gasteiger partial charge on any atom is -0.399 e. The highest BCUT2D eigenvalue weighted by molar-refractivity contribution is 6.40. The molecule has 1 aromatic carbocycles. The highest BCUT2D eigenvalue weighted by Crippen LogP contribution is 2.32. The van der Waals surface area contributed by atoms with Gasteiger partial charge in [0.15, 0.2) is 0 Å². The van der Waals surface area contributed by atoms with E-state index in [1.807, 2.05) is 0 Å². The molecular weight excluding hydrogens is 291 g/mol. The lowest BCUT2D eigenvalue weighted by Gasteiger charge is -2.15. The third kappa shape index (κ3) is 4.94. The third-order valence-electron chi connectivity index (χ3n) is 2.17. The Morgan fingerprint density at radius 1 is 1.26 bits per heavy atom. The summed E-state index contributed by atoms with van der Waals surface area (Å²) in [5.74, 6) is -0.879. The quantitative estimate of drug-likeness (QED) is 0.704. The van der Waals surface area contributed by atoms with Crippen LogP contribution in [0.3, 0.4) is 0 Å². The van der Waals surface area contributed by atoms with Gasteiger partial charge in [0.2, 0.25) is 11.8 Å². The number of primary amides is 1. The first-order valence-electron chi connectivity index (χ1n) is 5.31. The fourth-order valence-electron chi connectivity index (χ4n) is 1.46. The van der Waals surface area contributed by atoms with Gasteiger partial charge in [-0.1, -0.05) is 23.2 Å². The van der Waals surface area contributed by atoms with Gasteiger partial charge in [0.05, 0.1) is 28.8 Å². The monoisotopic (exact) mass is 304 g/mol. The topological polar surface area (TPSA) is 101 Å². The molecule has 0 heterocycles. The maximum absolute atomic E-state index is 11.7. The van der Waals surface area contributed by atoms with Gasteiger partial charge in [0.25, 0.3) is 0 Å². The first kappa shape index (κ1) is 15.6. The summed E-state index contributed by atoms with van der Waals surface area (Å²) in [6, 6.07) is 2.96. The van der Waals surface area contributed by atoms with Crippen molar-refractivity contribution in [1.29, 1.82) is 0 Å². The Bertz CT molecular complexity index is 484. The average Bonchev–Trinajstić information content (AvgIpc) is 2.21. The van der Waals surface area contributed by atoms with Crippen molar-refractivity contribution in [2.24, 2.45) is 5.73 Å². The highest BCUT2D eigenvalue weighted by Gasteiger charge is 2.13. The van der Waals surface area contributed by atoms with Crippen LogP contribution in [-0.4, -0.2) is 36.9 Å². The predicted octanol–water partition coefficient (Wildman–Crippen LogP) is 0.931. The van der Waals surface area contributed by atoms with Crippen molar-refractivity contribution >= 4 is 46.4 Å². The van der Waals surface area contributed by atoms with Crippen LogP contribution in [-0.2, 0) is 9.59 Å². The number of carbonyl (C=O) groups excluding carboxylic acids is 2. The minimum absolute atomic E-state index is 0.0139. The molecule has 1 rings (SSSR count). The molecular formula is C11H14Cl2N4O2. The Morgan fingerprint density at radius 2 is 1.79 bits per heavy atom. The number of hydrogen-bond acceptors (Lipinski definition) is 4. The van der Waals surface area contributed by atoms with Crippen LogP contribution in [0.1, 0.15) is 0 Å². The second-order valence-corrected chi connectivity index (χ2v) is 4.86. The van der Waals surface area contributed by atoms with E-state index in [0.29, 0.717) is 5.69 Å². The van der Waals surface area contributed by atoms with Gasteiger partial charge in [-0.05, 0) is 19.2 Å². The number of nitrogen functional groups attached to an aromatic ring is 1. The zero-order valence-corrected chi connectivity index (χ0v) is 11.8. The molecule has 0 unspecified atom stereocenters. The van der Waals surface area contributed by atoms with Crippen molar-refractivity contribution in [2.75, 3.05) is 31.2 Å². The van der Waals surface area contributed by atoms with Gasteiger partial charge in [-0.15, -0.1) is 0 Å². The molecule has 0 bridgehead atoms. The molecule has 8 heteroatoms. The molecule has 104 valence electrons. The van der Waals surface area contributed by atoms with Crippen molar-refractivity contribution < 1.29 is 9.59 Å². The molecule has 0 aliphatic rings. The molecule has 0 aliphatic carbocycles. The molecule has 0 spiro atoms. The van der Waals surface area contributed by atoms with Crippen LogP contribution in [0.25, 0.3) is 0 Å². The molecule has 6 nitrogen and oxygen atoms in total. The maximum Gasteiger partial charge on any atom is 0.238 e. The Balaban J connectivity index is 2.70. The molecule has 0 atom stereocenters. The summed E-state index contributed by atoms with van der Waals surface area (Å²) in [6.07, 6.45) is 0. The lowest BCUT2D eigenvalue weighted by molar-refractivity contribution is -0.120. The molecule has 0 saturated carbocycles. The van der Waals surface area contributed by atoms with E-state index in [0.717, 1.165) is 0 Å². The fourth-order valence-corrected chi connectivity index (χ4v) is 2.06. The van der Waals surface area contributed by atoms with E-state index in [-0.39, 0.29) is 34.7 Å². The Hall–Kier alpha value is -1.50. The van der Waals surface area contributed by atoms with E-state index in [9.17, 15) is 9.59 Å². The number of likely N-dealkylation sites (N-methyl/N-ethyl adjacent to an activating group) is 1. The second-order valence-electron chi connectivity index (χ2n) is 4.05. The van der Waals surface area contributed by atoms with E-state index in [1.54, 1.807) is 7.05 Å². The zero-order valence-electron chi connectivity index (χ0n) is 10.2. The van der Waals surface area contributed by atoms with E-state index in [1.165, 1.54) is 17.0 Å². The number of halogens is 2. The highest BCUT2D eigenvalue weighted by atomic mass is 35.5. The summed E-state index contributed by atoms with van der Waals surface area (Å²) >= 11 is 11.9. The van der Waals surface area contributed by atoms with Crippen molar-refractivity contribution in [1.82, 2.24) is 4.90 Å². The van der Waals surface area contributed by atoms with E-state index >= 15 is 0 Å². The summed E-state index contributed by atoms with van der Waals surface area (Å²) in [5, 5.41) is 3.05. The maximum atomic E-state index is 11.7. The van der Waals surface area contributed by atoms with Gasteiger partial charge in [-0.25, -0.2) is 0 Å². The van der Waals surface area contributed by atoms with E-state index in [4.69, 9.17) is 34.7 Å². The summed E-state index contributed by atoms with van der Waals surface area (Å²) < 4.78 is 0. The number of hydrogen-bond donors (Lipinski definition) is 3. The molecule has 0 aliphatic heterocycles. The van der Waals surface area contributed by atoms with Gasteiger partial charge in [-0.3, -0.25) is 14.5 Å². The second kappa shape index (κ2) is 6.60. The lowest BCUT2D eigenvalue weighted by Crippen LogP contribution is -2.36. The van der Waals surface area contributed by atoms with Crippen LogP contribution in [0.5, 0.6) is 0 Å². The molecule has 0 radical (unpaired) electrons. The van der Waals surface area contributed by atoms with Gasteiger partial charge >= 0.3 is 0 Å². The van der Waals surface area contributed by atoms with Gasteiger partial charge in [-0.2, -0.15) is 0 Å². The van der Waals surface area contributed by atoms with Gasteiger partial charge < -0.3 is 16.8 Å². The van der Waals surface area contributed by atoms with Crippen LogP contribution in [0.15, 0.2) is 12.1 Å². The zero-order chi connectivity index (χ0) is 14.6. The SMILES string of the molecule is CN(CC(N)=O)CC(=O)Nc1c(Cl)cc(N)cc1Cl. The van der Waals surface area contributed by atoms with Crippen molar-refractivity contribution in [2.45, 2.75) is 0 Å². The predicted molar refractivity (Wildman–Crippen MR) is 76.2 cm³/mol. The molecule has 0 fully saturated rings. The number of anilines is 2. The standard InChI is InChI=1S/C11H14Cl2N4O2/c1-17(4-9(15)18)5-10(19)16-11-7(12)2-6(14)3-8(11)13/h2-3H,4-5,14H2,1H3,(H2,15,18)(H,16,19). The number of carbonyl (C=O) groups is 2. The number of nitrogens with two attached hydrogens (primary N) is 2. The smallest absolute Gasteiger partial charge is 0.238 e. The van der Waals surface area contributed by atoms with Crippen molar-refractivity contribution in [3.05, 3.63) is 22.2 Å². The first-order valence-corrected chi connectivity index (χ1v) is 6.06. The third-order valence-corrected chi connectivity index (χ3v) is 2.76. The molecule has 1 aromatic rings. The average molecular weight is 305 g/mol. The number of amides is 2. The largest absolute Gasteiger partial charge is 0.399 e. The Kier molecular flexibility index (Phi) is 5.41. The Labute approximate surface area is 120 Å².